The molecular formula is C22H23F3N2O3. The number of methoxy groups -OCH3 is 1. The minimum atomic E-state index is -4.70. The number of ether oxygens (including phenoxy) is 2. The third-order valence-electron chi connectivity index (χ3n) is 4.51. The lowest BCUT2D eigenvalue weighted by molar-refractivity contribution is -0.137. The Hall–Kier alpha value is -3.21. The van der Waals surface area contributed by atoms with Crippen molar-refractivity contribution in [1.29, 1.82) is 5.26 Å². The number of carbonyl (C=O) groups is 1. The molecule has 0 saturated heterocycles. The predicted molar refractivity (Wildman–Crippen MR) is 105 cm³/mol. The summed E-state index contributed by atoms with van der Waals surface area (Å²) in [5, 5.41) is 11.7. The first-order valence-corrected chi connectivity index (χ1v) is 9.42. The summed E-state index contributed by atoms with van der Waals surface area (Å²) in [5.41, 5.74) is -0.749. The second kappa shape index (κ2) is 10.0. The molecule has 2 atom stereocenters. The number of nitriles is 1. The molecule has 0 aliphatic carbocycles. The number of rotatable bonds is 8. The van der Waals surface area contributed by atoms with Crippen molar-refractivity contribution in [1.82, 2.24) is 5.32 Å². The van der Waals surface area contributed by atoms with E-state index in [0.29, 0.717) is 18.6 Å². The van der Waals surface area contributed by atoms with Crippen molar-refractivity contribution in [3.63, 3.8) is 0 Å². The molecule has 8 heteroatoms. The van der Waals surface area contributed by atoms with Gasteiger partial charge in [0.15, 0.2) is 6.10 Å². The lowest BCUT2D eigenvalue weighted by Crippen LogP contribution is -2.39. The van der Waals surface area contributed by atoms with Crippen LogP contribution in [0.25, 0.3) is 0 Å². The van der Waals surface area contributed by atoms with Crippen molar-refractivity contribution < 1.29 is 27.4 Å². The number of halogens is 3. The van der Waals surface area contributed by atoms with Gasteiger partial charge in [-0.25, -0.2) is 0 Å². The van der Waals surface area contributed by atoms with Gasteiger partial charge in [0.05, 0.1) is 30.3 Å². The molecule has 5 nitrogen and oxygen atoms in total. The molecule has 2 aromatic rings. The van der Waals surface area contributed by atoms with Crippen molar-refractivity contribution in [3.05, 3.63) is 59.2 Å². The first-order valence-electron chi connectivity index (χ1n) is 9.42. The Morgan fingerprint density at radius 3 is 2.33 bits per heavy atom. The van der Waals surface area contributed by atoms with E-state index in [9.17, 15) is 18.0 Å². The lowest BCUT2D eigenvalue weighted by Gasteiger charge is -2.22. The van der Waals surface area contributed by atoms with Gasteiger partial charge in [-0.2, -0.15) is 18.4 Å². The maximum Gasteiger partial charge on any atom is 0.417 e. The van der Waals surface area contributed by atoms with Gasteiger partial charge in [-0.3, -0.25) is 4.79 Å². The molecule has 0 spiro atoms. The number of benzene rings is 2. The van der Waals surface area contributed by atoms with Crippen molar-refractivity contribution in [2.45, 2.75) is 45.0 Å². The molecular weight excluding hydrogens is 397 g/mol. The molecule has 0 saturated carbocycles. The van der Waals surface area contributed by atoms with E-state index in [2.05, 4.69) is 5.32 Å². The van der Waals surface area contributed by atoms with E-state index in [0.717, 1.165) is 17.7 Å². The average molecular weight is 420 g/mol. The van der Waals surface area contributed by atoms with Gasteiger partial charge in [-0.1, -0.05) is 25.5 Å². The van der Waals surface area contributed by atoms with Crippen LogP contribution in [0.4, 0.5) is 13.2 Å². The minimum Gasteiger partial charge on any atom is -0.497 e. The van der Waals surface area contributed by atoms with Gasteiger partial charge in [-0.05, 0) is 49.2 Å². The molecule has 2 rings (SSSR count). The highest BCUT2D eigenvalue weighted by Gasteiger charge is 2.34. The molecule has 160 valence electrons. The summed E-state index contributed by atoms with van der Waals surface area (Å²) in [6.45, 7) is 3.64. The van der Waals surface area contributed by atoms with Crippen LogP contribution in [0.5, 0.6) is 11.5 Å². The van der Waals surface area contributed by atoms with E-state index in [1.165, 1.54) is 12.1 Å². The quantitative estimate of drug-likeness (QED) is 0.652. The van der Waals surface area contributed by atoms with Crippen LogP contribution < -0.4 is 14.8 Å². The van der Waals surface area contributed by atoms with Gasteiger partial charge >= 0.3 is 6.18 Å². The van der Waals surface area contributed by atoms with E-state index < -0.39 is 29.3 Å². The zero-order valence-electron chi connectivity index (χ0n) is 16.9. The molecule has 2 aromatic carbocycles. The summed E-state index contributed by atoms with van der Waals surface area (Å²) in [5.74, 6) is 0.135. The molecule has 30 heavy (non-hydrogen) atoms. The van der Waals surface area contributed by atoms with E-state index >= 15 is 0 Å². The van der Waals surface area contributed by atoms with Gasteiger partial charge in [0.2, 0.25) is 0 Å². The van der Waals surface area contributed by atoms with Crippen molar-refractivity contribution in [2.24, 2.45) is 0 Å². The van der Waals surface area contributed by atoms with Crippen LogP contribution in [0.2, 0.25) is 0 Å². The Morgan fingerprint density at radius 2 is 1.80 bits per heavy atom. The number of hydrogen-bond donors (Lipinski definition) is 1. The zero-order valence-corrected chi connectivity index (χ0v) is 16.9. The highest BCUT2D eigenvalue weighted by molar-refractivity contribution is 5.81. The normalized spacial score (nSPS) is 13.1. The molecule has 0 radical (unpaired) electrons. The zero-order chi connectivity index (χ0) is 22.3. The first kappa shape index (κ1) is 23.1. The molecule has 2 unspecified atom stereocenters. The summed E-state index contributed by atoms with van der Waals surface area (Å²) in [4.78, 5) is 12.7. The third-order valence-corrected chi connectivity index (χ3v) is 4.51. The number of nitrogens with zero attached hydrogens (tertiary/aromatic N) is 1. The van der Waals surface area contributed by atoms with Crippen LogP contribution >= 0.6 is 0 Å². The summed E-state index contributed by atoms with van der Waals surface area (Å²) >= 11 is 0. The monoisotopic (exact) mass is 420 g/mol. The molecule has 0 aliphatic heterocycles. The molecule has 1 N–H and O–H groups in total. The molecule has 0 bridgehead atoms. The molecule has 0 fully saturated rings. The largest absolute Gasteiger partial charge is 0.497 e. The highest BCUT2D eigenvalue weighted by Crippen LogP contribution is 2.34. The van der Waals surface area contributed by atoms with Gasteiger partial charge in [0, 0.05) is 0 Å². The van der Waals surface area contributed by atoms with Crippen LogP contribution in [0.15, 0.2) is 42.5 Å². The number of hydrogen-bond acceptors (Lipinski definition) is 4. The summed E-state index contributed by atoms with van der Waals surface area (Å²) in [6, 6.07) is 11.4. The Kier molecular flexibility index (Phi) is 7.70. The van der Waals surface area contributed by atoms with Crippen molar-refractivity contribution >= 4 is 5.91 Å². The number of nitrogens with one attached hydrogen (secondary N) is 1. The van der Waals surface area contributed by atoms with Gasteiger partial charge in [0.25, 0.3) is 5.91 Å². The van der Waals surface area contributed by atoms with Gasteiger partial charge < -0.3 is 14.8 Å². The Bertz CT molecular complexity index is 905. The van der Waals surface area contributed by atoms with Crippen LogP contribution in [-0.4, -0.2) is 19.1 Å². The fourth-order valence-corrected chi connectivity index (χ4v) is 2.88. The van der Waals surface area contributed by atoms with Crippen molar-refractivity contribution in [3.8, 4) is 17.6 Å². The van der Waals surface area contributed by atoms with Crippen LogP contribution in [0, 0.1) is 11.3 Å². The van der Waals surface area contributed by atoms with E-state index in [-0.39, 0.29) is 11.8 Å². The molecule has 0 aliphatic rings. The van der Waals surface area contributed by atoms with Crippen LogP contribution in [0.3, 0.4) is 0 Å². The fourth-order valence-electron chi connectivity index (χ4n) is 2.88. The summed E-state index contributed by atoms with van der Waals surface area (Å²) in [7, 11) is 1.56. The summed E-state index contributed by atoms with van der Waals surface area (Å²) < 4.78 is 50.2. The van der Waals surface area contributed by atoms with E-state index in [1.807, 2.05) is 19.1 Å². The number of alkyl halides is 3. The Labute approximate surface area is 173 Å². The second-order valence-electron chi connectivity index (χ2n) is 6.72. The Morgan fingerprint density at radius 1 is 1.17 bits per heavy atom. The van der Waals surface area contributed by atoms with E-state index in [1.54, 1.807) is 26.2 Å². The standard InChI is InChI=1S/C22H23F3N2O3/c1-4-5-20(21(28)27-14(2)15-6-9-17(29-3)10-7-15)30-18-11-8-16(13-26)19(12-18)22(23,24)25/h6-12,14,20H,4-5H2,1-3H3,(H,27,28). The maximum absolute atomic E-state index is 13.2. The van der Waals surface area contributed by atoms with Gasteiger partial charge in [-0.15, -0.1) is 0 Å². The summed E-state index contributed by atoms with van der Waals surface area (Å²) in [6.07, 6.45) is -4.75. The molecule has 0 heterocycles. The maximum atomic E-state index is 13.2. The second-order valence-corrected chi connectivity index (χ2v) is 6.72. The highest BCUT2D eigenvalue weighted by atomic mass is 19.4. The van der Waals surface area contributed by atoms with Crippen molar-refractivity contribution in [2.75, 3.05) is 7.11 Å². The fraction of sp³-hybridized carbons (Fsp3) is 0.364. The topological polar surface area (TPSA) is 71.3 Å². The van der Waals surface area contributed by atoms with Crippen LogP contribution in [0.1, 0.15) is 49.4 Å². The first-order chi connectivity index (χ1) is 14.2. The van der Waals surface area contributed by atoms with Gasteiger partial charge in [0.1, 0.15) is 11.5 Å². The van der Waals surface area contributed by atoms with Crippen LogP contribution in [-0.2, 0) is 11.0 Å². The number of amides is 1. The Balaban J connectivity index is 2.16. The molecule has 0 aromatic heterocycles. The lowest BCUT2D eigenvalue weighted by atomic mass is 10.1. The minimum absolute atomic E-state index is 0.118. The third kappa shape index (κ3) is 5.89. The average Bonchev–Trinajstić information content (AvgIpc) is 2.72. The SMILES string of the molecule is CCCC(Oc1ccc(C#N)c(C(F)(F)F)c1)C(=O)NC(C)c1ccc(OC)cc1. The smallest absolute Gasteiger partial charge is 0.417 e. The molecule has 1 amide bonds. The van der Waals surface area contributed by atoms with E-state index in [4.69, 9.17) is 14.7 Å². The number of carbonyl (C=O) groups excluding carboxylic acids is 1. The predicted octanol–water partition coefficient (Wildman–Crippen LogP) is 5.01.